The first-order valence-corrected chi connectivity index (χ1v) is 6.31. The van der Waals surface area contributed by atoms with Crippen LogP contribution in [0.5, 0.6) is 0 Å². The third-order valence-electron chi connectivity index (χ3n) is 2.91. The first-order chi connectivity index (χ1) is 10.1. The number of hydrogen-bond donors (Lipinski definition) is 2. The topological polar surface area (TPSA) is 84.2 Å². The third-order valence-corrected chi connectivity index (χ3v) is 2.91. The summed E-state index contributed by atoms with van der Waals surface area (Å²) in [6.07, 6.45) is 5.21. The van der Waals surface area contributed by atoms with E-state index < -0.39 is 17.9 Å². The predicted molar refractivity (Wildman–Crippen MR) is 76.4 cm³/mol. The van der Waals surface area contributed by atoms with Gasteiger partial charge in [0.15, 0.2) is 0 Å². The van der Waals surface area contributed by atoms with Gasteiger partial charge in [0.25, 0.3) is 0 Å². The fourth-order valence-electron chi connectivity index (χ4n) is 1.94. The molecule has 1 aromatic carbocycles. The molecule has 0 bridgehead atoms. The number of imidazole rings is 1. The van der Waals surface area contributed by atoms with Crippen LogP contribution in [0.3, 0.4) is 0 Å². The van der Waals surface area contributed by atoms with Gasteiger partial charge in [-0.25, -0.2) is 9.78 Å². The lowest BCUT2D eigenvalue weighted by molar-refractivity contribution is -0.131. The number of aryl methyl sites for hydroxylation is 1. The molecule has 0 aliphatic heterocycles. The smallest absolute Gasteiger partial charge is 0.328 e. The van der Waals surface area contributed by atoms with E-state index in [9.17, 15) is 9.59 Å². The summed E-state index contributed by atoms with van der Waals surface area (Å²) in [5.41, 5.74) is 0.865. The SMILES string of the molecule is Cn1ccnc1C(NC(=O)/C=C/C(=O)O)c1ccccc1. The van der Waals surface area contributed by atoms with Gasteiger partial charge >= 0.3 is 5.97 Å². The minimum atomic E-state index is -1.17. The molecule has 6 nitrogen and oxygen atoms in total. The van der Waals surface area contributed by atoms with Crippen LogP contribution in [-0.2, 0) is 16.6 Å². The molecular weight excluding hydrogens is 270 g/mol. The van der Waals surface area contributed by atoms with E-state index in [0.29, 0.717) is 5.82 Å². The molecule has 1 unspecified atom stereocenters. The molecular formula is C15H15N3O3. The Hall–Kier alpha value is -2.89. The average Bonchev–Trinajstić information content (AvgIpc) is 2.89. The fourth-order valence-corrected chi connectivity index (χ4v) is 1.94. The number of aromatic nitrogens is 2. The quantitative estimate of drug-likeness (QED) is 0.810. The van der Waals surface area contributed by atoms with Gasteiger partial charge in [-0.15, -0.1) is 0 Å². The Labute approximate surface area is 121 Å². The van der Waals surface area contributed by atoms with Crippen molar-refractivity contribution >= 4 is 11.9 Å². The normalized spacial score (nSPS) is 12.2. The van der Waals surface area contributed by atoms with Gasteiger partial charge in [0, 0.05) is 31.6 Å². The maximum Gasteiger partial charge on any atom is 0.328 e. The molecule has 1 atom stereocenters. The zero-order valence-corrected chi connectivity index (χ0v) is 11.4. The van der Waals surface area contributed by atoms with Crippen molar-refractivity contribution in [2.24, 2.45) is 7.05 Å². The monoisotopic (exact) mass is 285 g/mol. The molecule has 0 saturated carbocycles. The van der Waals surface area contributed by atoms with Crippen molar-refractivity contribution in [3.05, 3.63) is 66.3 Å². The highest BCUT2D eigenvalue weighted by Crippen LogP contribution is 2.19. The first-order valence-electron chi connectivity index (χ1n) is 6.31. The van der Waals surface area contributed by atoms with Gasteiger partial charge in [0.2, 0.25) is 5.91 Å². The number of carbonyl (C=O) groups excluding carboxylic acids is 1. The number of carboxylic acids is 1. The minimum absolute atomic E-state index is 0.447. The summed E-state index contributed by atoms with van der Waals surface area (Å²) in [6.45, 7) is 0. The Morgan fingerprint density at radius 1 is 1.29 bits per heavy atom. The van der Waals surface area contributed by atoms with Gasteiger partial charge in [0.05, 0.1) is 0 Å². The molecule has 0 aliphatic carbocycles. The van der Waals surface area contributed by atoms with Gasteiger partial charge in [-0.05, 0) is 5.56 Å². The molecule has 2 N–H and O–H groups in total. The summed E-state index contributed by atoms with van der Waals surface area (Å²) in [5.74, 6) is -0.995. The van der Waals surface area contributed by atoms with Gasteiger partial charge in [-0.3, -0.25) is 4.79 Å². The van der Waals surface area contributed by atoms with Crippen LogP contribution in [0.25, 0.3) is 0 Å². The minimum Gasteiger partial charge on any atom is -0.478 e. The zero-order chi connectivity index (χ0) is 15.2. The lowest BCUT2D eigenvalue weighted by atomic mass is 10.1. The molecule has 0 spiro atoms. The summed E-state index contributed by atoms with van der Waals surface area (Å²) in [6, 6.07) is 8.92. The van der Waals surface area contributed by atoms with E-state index in [4.69, 9.17) is 5.11 Å². The molecule has 21 heavy (non-hydrogen) atoms. The molecule has 2 aromatic rings. The van der Waals surface area contributed by atoms with Crippen LogP contribution in [-0.4, -0.2) is 26.5 Å². The van der Waals surface area contributed by atoms with Crippen molar-refractivity contribution in [1.82, 2.24) is 14.9 Å². The highest BCUT2D eigenvalue weighted by Gasteiger charge is 2.19. The average molecular weight is 285 g/mol. The molecule has 1 heterocycles. The number of carboxylic acid groups (broad SMARTS) is 1. The van der Waals surface area contributed by atoms with E-state index >= 15 is 0 Å². The van der Waals surface area contributed by atoms with Crippen molar-refractivity contribution < 1.29 is 14.7 Å². The Morgan fingerprint density at radius 3 is 2.57 bits per heavy atom. The molecule has 0 fully saturated rings. The van der Waals surface area contributed by atoms with Crippen molar-refractivity contribution in [2.75, 3.05) is 0 Å². The number of rotatable bonds is 5. The second-order valence-corrected chi connectivity index (χ2v) is 4.42. The van der Waals surface area contributed by atoms with Crippen molar-refractivity contribution in [2.45, 2.75) is 6.04 Å². The number of hydrogen-bond acceptors (Lipinski definition) is 3. The van der Waals surface area contributed by atoms with Crippen LogP contribution in [0.15, 0.2) is 54.9 Å². The largest absolute Gasteiger partial charge is 0.478 e. The Morgan fingerprint density at radius 2 is 2.00 bits per heavy atom. The van der Waals surface area contributed by atoms with E-state index in [2.05, 4.69) is 10.3 Å². The molecule has 108 valence electrons. The van der Waals surface area contributed by atoms with Crippen LogP contribution in [0.2, 0.25) is 0 Å². The molecule has 1 amide bonds. The van der Waals surface area contributed by atoms with Gasteiger partial charge < -0.3 is 15.0 Å². The zero-order valence-electron chi connectivity index (χ0n) is 11.4. The predicted octanol–water partition coefficient (Wildman–Crippen LogP) is 1.27. The second-order valence-electron chi connectivity index (χ2n) is 4.42. The van der Waals surface area contributed by atoms with E-state index in [1.54, 1.807) is 17.0 Å². The third kappa shape index (κ3) is 3.79. The van der Waals surface area contributed by atoms with Crippen molar-refractivity contribution in [3.63, 3.8) is 0 Å². The lowest BCUT2D eigenvalue weighted by Gasteiger charge is -2.18. The highest BCUT2D eigenvalue weighted by atomic mass is 16.4. The molecule has 1 aromatic heterocycles. The molecule has 0 radical (unpaired) electrons. The number of benzene rings is 1. The standard InChI is InChI=1S/C15H15N3O3/c1-18-10-9-16-15(18)14(11-5-3-2-4-6-11)17-12(19)7-8-13(20)21/h2-10,14H,1H3,(H,17,19)(H,20,21)/b8-7+. The van der Waals surface area contributed by atoms with Gasteiger partial charge in [-0.1, -0.05) is 30.3 Å². The van der Waals surface area contributed by atoms with E-state index in [0.717, 1.165) is 17.7 Å². The lowest BCUT2D eigenvalue weighted by Crippen LogP contribution is -2.29. The molecule has 0 aliphatic rings. The number of amides is 1. The van der Waals surface area contributed by atoms with Crippen molar-refractivity contribution in [1.29, 1.82) is 0 Å². The summed E-state index contributed by atoms with van der Waals surface area (Å²) >= 11 is 0. The molecule has 0 saturated heterocycles. The fraction of sp³-hybridized carbons (Fsp3) is 0.133. The second kappa shape index (κ2) is 6.51. The maximum atomic E-state index is 11.8. The molecule has 2 rings (SSSR count). The van der Waals surface area contributed by atoms with Crippen LogP contribution in [0, 0.1) is 0 Å². The summed E-state index contributed by atoms with van der Waals surface area (Å²) in [5, 5.41) is 11.3. The van der Waals surface area contributed by atoms with Gasteiger partial charge in [0.1, 0.15) is 11.9 Å². The van der Waals surface area contributed by atoms with E-state index in [1.807, 2.05) is 37.4 Å². The Bertz CT molecular complexity index is 662. The van der Waals surface area contributed by atoms with E-state index in [1.165, 1.54) is 0 Å². The number of aliphatic carboxylic acids is 1. The van der Waals surface area contributed by atoms with Crippen molar-refractivity contribution in [3.8, 4) is 0 Å². The van der Waals surface area contributed by atoms with Crippen LogP contribution < -0.4 is 5.32 Å². The van der Waals surface area contributed by atoms with E-state index in [-0.39, 0.29) is 0 Å². The summed E-state index contributed by atoms with van der Waals surface area (Å²) in [7, 11) is 1.83. The van der Waals surface area contributed by atoms with Crippen LogP contribution in [0.1, 0.15) is 17.4 Å². The number of nitrogens with one attached hydrogen (secondary N) is 1. The van der Waals surface area contributed by atoms with Gasteiger partial charge in [-0.2, -0.15) is 0 Å². The number of nitrogens with zero attached hydrogens (tertiary/aromatic N) is 2. The summed E-state index contributed by atoms with van der Waals surface area (Å²) < 4.78 is 1.80. The van der Waals surface area contributed by atoms with Crippen LogP contribution >= 0.6 is 0 Å². The van der Waals surface area contributed by atoms with Crippen LogP contribution in [0.4, 0.5) is 0 Å². The Kier molecular flexibility index (Phi) is 4.50. The highest BCUT2D eigenvalue weighted by molar-refractivity contribution is 5.94. The first kappa shape index (κ1) is 14.5. The molecule has 6 heteroatoms. The maximum absolute atomic E-state index is 11.8. The summed E-state index contributed by atoms with van der Waals surface area (Å²) in [4.78, 5) is 26.5. The Balaban J connectivity index is 2.28. The number of carbonyl (C=O) groups is 2.